The molecule has 20 heavy (non-hydrogen) atoms. The number of anilines is 1. The Morgan fingerprint density at radius 2 is 2.00 bits per heavy atom. The van der Waals surface area contributed by atoms with E-state index in [1.54, 1.807) is 0 Å². The quantitative estimate of drug-likeness (QED) is 0.913. The molecule has 2 N–H and O–H groups in total. The van der Waals surface area contributed by atoms with E-state index in [1.807, 2.05) is 26.2 Å². The average Bonchev–Trinajstić information content (AvgIpc) is 2.76. The number of nitrogens with one attached hydrogen (secondary N) is 1. The highest BCUT2D eigenvalue weighted by atomic mass is 32.2. The van der Waals surface area contributed by atoms with Crippen molar-refractivity contribution in [2.24, 2.45) is 0 Å². The second-order valence-electron chi connectivity index (χ2n) is 5.39. The van der Waals surface area contributed by atoms with Gasteiger partial charge in [0.05, 0.1) is 10.6 Å². The zero-order valence-electron chi connectivity index (χ0n) is 11.4. The monoisotopic (exact) mass is 312 g/mol. The molecule has 7 heteroatoms. The molecule has 0 saturated carbocycles. The Kier molecular flexibility index (Phi) is 3.75. The molecule has 0 atom stereocenters. The van der Waals surface area contributed by atoms with Crippen LogP contribution in [-0.2, 0) is 15.4 Å². The molecule has 0 spiro atoms. The Morgan fingerprint density at radius 3 is 2.55 bits per heavy atom. The first-order chi connectivity index (χ1) is 9.18. The number of hydrogen-bond acceptors (Lipinski definition) is 5. The van der Waals surface area contributed by atoms with Crippen molar-refractivity contribution in [2.75, 3.05) is 4.72 Å². The first kappa shape index (κ1) is 14.8. The molecule has 108 valence electrons. The minimum atomic E-state index is -3.73. The SMILES string of the molecule is CC(C)(C)c1csc(NS(=O)(=O)c2cccc(O)c2)n1. The van der Waals surface area contributed by atoms with Crippen LogP contribution < -0.4 is 4.72 Å². The topological polar surface area (TPSA) is 79.3 Å². The van der Waals surface area contributed by atoms with Gasteiger partial charge in [0, 0.05) is 16.9 Å². The van der Waals surface area contributed by atoms with Crippen molar-refractivity contribution in [3.8, 4) is 5.75 Å². The van der Waals surface area contributed by atoms with E-state index in [0.29, 0.717) is 5.13 Å². The van der Waals surface area contributed by atoms with Gasteiger partial charge in [0.25, 0.3) is 10.0 Å². The molecule has 0 unspecified atom stereocenters. The van der Waals surface area contributed by atoms with Gasteiger partial charge in [-0.3, -0.25) is 4.72 Å². The van der Waals surface area contributed by atoms with E-state index in [1.165, 1.54) is 35.6 Å². The number of sulfonamides is 1. The smallest absolute Gasteiger partial charge is 0.263 e. The van der Waals surface area contributed by atoms with Gasteiger partial charge >= 0.3 is 0 Å². The van der Waals surface area contributed by atoms with Gasteiger partial charge in [-0.25, -0.2) is 13.4 Å². The lowest BCUT2D eigenvalue weighted by atomic mass is 9.93. The van der Waals surface area contributed by atoms with Crippen molar-refractivity contribution in [2.45, 2.75) is 31.1 Å². The largest absolute Gasteiger partial charge is 0.508 e. The molecule has 5 nitrogen and oxygen atoms in total. The predicted molar refractivity (Wildman–Crippen MR) is 79.7 cm³/mol. The van der Waals surface area contributed by atoms with Crippen molar-refractivity contribution in [3.63, 3.8) is 0 Å². The molecule has 0 bridgehead atoms. The van der Waals surface area contributed by atoms with E-state index in [9.17, 15) is 13.5 Å². The molecule has 2 rings (SSSR count). The molecule has 2 aromatic rings. The van der Waals surface area contributed by atoms with Crippen LogP contribution in [0.2, 0.25) is 0 Å². The number of aromatic hydroxyl groups is 1. The summed E-state index contributed by atoms with van der Waals surface area (Å²) in [5, 5.41) is 11.5. The summed E-state index contributed by atoms with van der Waals surface area (Å²) in [7, 11) is -3.73. The summed E-state index contributed by atoms with van der Waals surface area (Å²) in [5.74, 6) is -0.0950. The highest BCUT2D eigenvalue weighted by Gasteiger charge is 2.20. The Hall–Kier alpha value is -1.60. The van der Waals surface area contributed by atoms with Crippen molar-refractivity contribution < 1.29 is 13.5 Å². The molecule has 0 aliphatic carbocycles. The van der Waals surface area contributed by atoms with Crippen LogP contribution in [0.25, 0.3) is 0 Å². The molecule has 0 saturated heterocycles. The van der Waals surface area contributed by atoms with Crippen molar-refractivity contribution in [1.82, 2.24) is 4.98 Å². The third-order valence-corrected chi connectivity index (χ3v) is 4.85. The van der Waals surface area contributed by atoms with E-state index in [4.69, 9.17) is 0 Å². The van der Waals surface area contributed by atoms with Crippen LogP contribution in [0.5, 0.6) is 5.75 Å². The van der Waals surface area contributed by atoms with E-state index in [0.717, 1.165) is 5.69 Å². The number of nitrogens with zero attached hydrogens (tertiary/aromatic N) is 1. The lowest BCUT2D eigenvalue weighted by Gasteiger charge is -2.14. The van der Waals surface area contributed by atoms with Crippen molar-refractivity contribution >= 4 is 26.5 Å². The molecule has 0 amide bonds. The van der Waals surface area contributed by atoms with E-state index >= 15 is 0 Å². The van der Waals surface area contributed by atoms with E-state index in [2.05, 4.69) is 9.71 Å². The second-order valence-corrected chi connectivity index (χ2v) is 7.93. The van der Waals surface area contributed by atoms with Crippen LogP contribution >= 0.6 is 11.3 Å². The number of thiazole rings is 1. The Labute approximate surface area is 122 Å². The summed E-state index contributed by atoms with van der Waals surface area (Å²) in [4.78, 5) is 4.29. The summed E-state index contributed by atoms with van der Waals surface area (Å²) >= 11 is 1.24. The van der Waals surface area contributed by atoms with Gasteiger partial charge in [0.2, 0.25) is 0 Å². The fourth-order valence-electron chi connectivity index (χ4n) is 1.49. The number of phenolic OH excluding ortho intramolecular Hbond substituents is 1. The van der Waals surface area contributed by atoms with Crippen LogP contribution in [0, 0.1) is 0 Å². The Morgan fingerprint density at radius 1 is 1.30 bits per heavy atom. The number of phenols is 1. The summed E-state index contributed by atoms with van der Waals surface area (Å²) in [6.07, 6.45) is 0. The van der Waals surface area contributed by atoms with Gasteiger partial charge < -0.3 is 5.11 Å². The van der Waals surface area contributed by atoms with Crippen molar-refractivity contribution in [1.29, 1.82) is 0 Å². The van der Waals surface area contributed by atoms with Crippen LogP contribution in [0.15, 0.2) is 34.5 Å². The first-order valence-corrected chi connectivity index (χ1v) is 8.33. The maximum atomic E-state index is 12.2. The fraction of sp³-hybridized carbons (Fsp3) is 0.308. The first-order valence-electron chi connectivity index (χ1n) is 5.96. The molecular formula is C13H16N2O3S2. The number of aromatic nitrogens is 1. The minimum Gasteiger partial charge on any atom is -0.508 e. The number of benzene rings is 1. The summed E-state index contributed by atoms with van der Waals surface area (Å²) < 4.78 is 26.7. The van der Waals surface area contributed by atoms with Gasteiger partial charge in [0.15, 0.2) is 5.13 Å². The number of hydrogen-bond donors (Lipinski definition) is 2. The zero-order chi connectivity index (χ0) is 15.0. The molecule has 0 aliphatic rings. The molecule has 1 aromatic heterocycles. The zero-order valence-corrected chi connectivity index (χ0v) is 13.0. The Bertz CT molecular complexity index is 715. The fourth-order valence-corrected chi connectivity index (χ4v) is 3.72. The van der Waals surface area contributed by atoms with E-state index in [-0.39, 0.29) is 16.1 Å². The standard InChI is InChI=1S/C13H16N2O3S2/c1-13(2,3)11-8-19-12(14-11)15-20(17,18)10-6-4-5-9(16)7-10/h4-8,16H,1-3H3,(H,14,15). The predicted octanol–water partition coefficient (Wildman–Crippen LogP) is 2.95. The average molecular weight is 312 g/mol. The molecule has 1 heterocycles. The van der Waals surface area contributed by atoms with Gasteiger partial charge in [-0.15, -0.1) is 11.3 Å². The Balaban J connectivity index is 2.27. The van der Waals surface area contributed by atoms with Crippen LogP contribution in [0.3, 0.4) is 0 Å². The van der Waals surface area contributed by atoms with Crippen LogP contribution in [0.1, 0.15) is 26.5 Å². The number of rotatable bonds is 3. The molecule has 0 aliphatic heterocycles. The highest BCUT2D eigenvalue weighted by Crippen LogP contribution is 2.28. The highest BCUT2D eigenvalue weighted by molar-refractivity contribution is 7.93. The van der Waals surface area contributed by atoms with E-state index < -0.39 is 10.0 Å². The second kappa shape index (κ2) is 5.06. The maximum Gasteiger partial charge on any atom is 0.263 e. The van der Waals surface area contributed by atoms with Crippen LogP contribution in [-0.4, -0.2) is 18.5 Å². The normalized spacial score (nSPS) is 12.3. The van der Waals surface area contributed by atoms with Gasteiger partial charge in [-0.2, -0.15) is 0 Å². The maximum absolute atomic E-state index is 12.2. The third kappa shape index (κ3) is 3.29. The van der Waals surface area contributed by atoms with Crippen molar-refractivity contribution in [3.05, 3.63) is 35.3 Å². The molecular weight excluding hydrogens is 296 g/mol. The molecule has 0 radical (unpaired) electrons. The van der Waals surface area contributed by atoms with Crippen LogP contribution in [0.4, 0.5) is 5.13 Å². The molecule has 0 fully saturated rings. The summed E-state index contributed by atoms with van der Waals surface area (Å²) in [6.45, 7) is 6.03. The van der Waals surface area contributed by atoms with Gasteiger partial charge in [0.1, 0.15) is 5.75 Å². The minimum absolute atomic E-state index is 0.00464. The summed E-state index contributed by atoms with van der Waals surface area (Å²) in [6, 6.07) is 5.51. The lowest BCUT2D eigenvalue weighted by molar-refractivity contribution is 0.473. The molecule has 1 aromatic carbocycles. The third-order valence-electron chi connectivity index (χ3n) is 2.62. The lowest BCUT2D eigenvalue weighted by Crippen LogP contribution is -2.14. The van der Waals surface area contributed by atoms with Gasteiger partial charge in [-0.1, -0.05) is 26.8 Å². The summed E-state index contributed by atoms with van der Waals surface area (Å²) in [5.41, 5.74) is 0.696. The van der Waals surface area contributed by atoms with Gasteiger partial charge in [-0.05, 0) is 12.1 Å².